The van der Waals surface area contributed by atoms with Crippen LogP contribution in [0.3, 0.4) is 0 Å². The van der Waals surface area contributed by atoms with Crippen molar-refractivity contribution in [1.29, 1.82) is 0 Å². The Hall–Kier alpha value is -1.42. The Morgan fingerprint density at radius 3 is 2.42 bits per heavy atom. The summed E-state index contributed by atoms with van der Waals surface area (Å²) in [4.78, 5) is 0. The second-order valence-electron chi connectivity index (χ2n) is 5.18. The van der Waals surface area contributed by atoms with Gasteiger partial charge in [0.25, 0.3) is 0 Å². The molecule has 0 saturated carbocycles. The average Bonchev–Trinajstić information content (AvgIpc) is 2.36. The molecule has 0 spiro atoms. The second-order valence-corrected chi connectivity index (χ2v) is 5.18. The fraction of sp³-hybridized carbons (Fsp3) is 0.556. The molecule has 1 rings (SSSR count). The first kappa shape index (κ1) is 15.6. The molecule has 0 aliphatic carbocycles. The maximum atomic E-state index is 5.71. The topological polar surface area (TPSA) is 9.23 Å². The third-order valence-electron chi connectivity index (χ3n) is 3.82. The molecule has 0 heterocycles. The molecule has 104 valence electrons. The van der Waals surface area contributed by atoms with Crippen LogP contribution in [0.4, 0.5) is 0 Å². The van der Waals surface area contributed by atoms with Crippen LogP contribution in [0.2, 0.25) is 0 Å². The van der Waals surface area contributed by atoms with Gasteiger partial charge >= 0.3 is 0 Å². The zero-order valence-electron chi connectivity index (χ0n) is 13.0. The maximum Gasteiger partial charge on any atom is 0.122 e. The largest absolute Gasteiger partial charge is 0.494 e. The maximum absolute atomic E-state index is 5.71. The Labute approximate surface area is 118 Å². The Kier molecular flexibility index (Phi) is 5.96. The Morgan fingerprint density at radius 2 is 1.89 bits per heavy atom. The quantitative estimate of drug-likeness (QED) is 0.658. The van der Waals surface area contributed by atoms with Gasteiger partial charge in [0, 0.05) is 6.42 Å². The SMILES string of the molecule is C#CCC(CCC)c1c(C)cc(OCC)c(C)c1C. The standard InChI is InChI=1S/C18H26O/c1-7-10-16(11-8-2)18-13(4)12-17(19-9-3)14(5)15(18)6/h1,12,16H,8-11H2,2-6H3. The van der Waals surface area contributed by atoms with Gasteiger partial charge in [-0.2, -0.15) is 0 Å². The molecule has 0 radical (unpaired) electrons. The summed E-state index contributed by atoms with van der Waals surface area (Å²) in [6, 6.07) is 2.17. The van der Waals surface area contributed by atoms with Crippen LogP contribution in [0.5, 0.6) is 5.75 Å². The fourth-order valence-corrected chi connectivity index (χ4v) is 2.84. The van der Waals surface area contributed by atoms with Crippen LogP contribution in [0.1, 0.15) is 61.3 Å². The highest BCUT2D eigenvalue weighted by Gasteiger charge is 2.18. The number of ether oxygens (including phenoxy) is 1. The van der Waals surface area contributed by atoms with E-state index in [1.165, 1.54) is 22.3 Å². The lowest BCUT2D eigenvalue weighted by Crippen LogP contribution is -2.07. The minimum atomic E-state index is 0.476. The van der Waals surface area contributed by atoms with Gasteiger partial charge in [-0.3, -0.25) is 0 Å². The minimum Gasteiger partial charge on any atom is -0.494 e. The highest BCUT2D eigenvalue weighted by Crippen LogP contribution is 2.35. The van der Waals surface area contributed by atoms with Gasteiger partial charge in [-0.15, -0.1) is 12.3 Å². The molecule has 1 atom stereocenters. The van der Waals surface area contributed by atoms with Crippen molar-refractivity contribution in [3.63, 3.8) is 0 Å². The molecule has 1 aromatic rings. The van der Waals surface area contributed by atoms with Gasteiger partial charge in [0.2, 0.25) is 0 Å². The molecule has 1 unspecified atom stereocenters. The van der Waals surface area contributed by atoms with Crippen molar-refractivity contribution in [2.45, 2.75) is 59.8 Å². The number of terminal acetylenes is 1. The molecule has 0 aliphatic rings. The summed E-state index contributed by atoms with van der Waals surface area (Å²) in [6.07, 6.45) is 8.68. The first-order valence-electron chi connectivity index (χ1n) is 7.23. The monoisotopic (exact) mass is 258 g/mol. The van der Waals surface area contributed by atoms with E-state index in [0.717, 1.165) is 25.0 Å². The Morgan fingerprint density at radius 1 is 1.21 bits per heavy atom. The van der Waals surface area contributed by atoms with Crippen molar-refractivity contribution in [2.24, 2.45) is 0 Å². The van der Waals surface area contributed by atoms with Gasteiger partial charge in [-0.1, -0.05) is 13.3 Å². The van der Waals surface area contributed by atoms with Crippen LogP contribution in [-0.4, -0.2) is 6.61 Å². The van der Waals surface area contributed by atoms with Crippen molar-refractivity contribution in [3.8, 4) is 18.1 Å². The molecule has 19 heavy (non-hydrogen) atoms. The number of rotatable bonds is 6. The van der Waals surface area contributed by atoms with Crippen molar-refractivity contribution in [1.82, 2.24) is 0 Å². The molecule has 1 aromatic carbocycles. The highest BCUT2D eigenvalue weighted by molar-refractivity contribution is 5.49. The molecular weight excluding hydrogens is 232 g/mol. The molecule has 1 heteroatoms. The zero-order chi connectivity index (χ0) is 14.4. The summed E-state index contributed by atoms with van der Waals surface area (Å²) in [6.45, 7) is 11.5. The van der Waals surface area contributed by atoms with Crippen LogP contribution in [0.25, 0.3) is 0 Å². The first-order chi connectivity index (χ1) is 9.06. The smallest absolute Gasteiger partial charge is 0.122 e. The highest BCUT2D eigenvalue weighted by atomic mass is 16.5. The summed E-state index contributed by atoms with van der Waals surface area (Å²) >= 11 is 0. The fourth-order valence-electron chi connectivity index (χ4n) is 2.84. The van der Waals surface area contributed by atoms with Gasteiger partial charge in [0.1, 0.15) is 5.75 Å². The number of hydrogen-bond donors (Lipinski definition) is 0. The van der Waals surface area contributed by atoms with Gasteiger partial charge in [-0.25, -0.2) is 0 Å². The van der Waals surface area contributed by atoms with Crippen molar-refractivity contribution in [2.75, 3.05) is 6.61 Å². The third kappa shape index (κ3) is 3.53. The van der Waals surface area contributed by atoms with Crippen LogP contribution in [0.15, 0.2) is 6.07 Å². The molecule has 1 nitrogen and oxygen atoms in total. The van der Waals surface area contributed by atoms with Crippen LogP contribution >= 0.6 is 0 Å². The summed E-state index contributed by atoms with van der Waals surface area (Å²) in [7, 11) is 0. The minimum absolute atomic E-state index is 0.476. The van der Waals surface area contributed by atoms with Crippen molar-refractivity contribution in [3.05, 3.63) is 28.3 Å². The lowest BCUT2D eigenvalue weighted by molar-refractivity contribution is 0.337. The number of benzene rings is 1. The van der Waals surface area contributed by atoms with E-state index in [1.807, 2.05) is 6.92 Å². The van der Waals surface area contributed by atoms with E-state index in [2.05, 4.69) is 39.7 Å². The van der Waals surface area contributed by atoms with Crippen LogP contribution in [-0.2, 0) is 0 Å². The second kappa shape index (κ2) is 7.24. The van der Waals surface area contributed by atoms with E-state index in [9.17, 15) is 0 Å². The van der Waals surface area contributed by atoms with Crippen LogP contribution in [0, 0.1) is 33.1 Å². The van der Waals surface area contributed by atoms with Crippen molar-refractivity contribution < 1.29 is 4.74 Å². The molecule has 0 aromatic heterocycles. The van der Waals surface area contributed by atoms with Gasteiger partial charge in [0.15, 0.2) is 0 Å². The third-order valence-corrected chi connectivity index (χ3v) is 3.82. The zero-order valence-corrected chi connectivity index (χ0v) is 13.0. The van der Waals surface area contributed by atoms with E-state index in [-0.39, 0.29) is 0 Å². The van der Waals surface area contributed by atoms with E-state index in [0.29, 0.717) is 12.5 Å². The van der Waals surface area contributed by atoms with Gasteiger partial charge < -0.3 is 4.74 Å². The van der Waals surface area contributed by atoms with E-state index in [4.69, 9.17) is 11.2 Å². The lowest BCUT2D eigenvalue weighted by atomic mass is 9.84. The molecule has 0 bridgehead atoms. The van der Waals surface area contributed by atoms with Crippen LogP contribution < -0.4 is 4.74 Å². The number of aryl methyl sites for hydroxylation is 1. The van der Waals surface area contributed by atoms with E-state index in [1.54, 1.807) is 0 Å². The first-order valence-corrected chi connectivity index (χ1v) is 7.23. The summed E-state index contributed by atoms with van der Waals surface area (Å²) < 4.78 is 5.71. The lowest BCUT2D eigenvalue weighted by Gasteiger charge is -2.22. The molecule has 0 saturated heterocycles. The van der Waals surface area contributed by atoms with Gasteiger partial charge in [0.05, 0.1) is 6.61 Å². The van der Waals surface area contributed by atoms with Crippen molar-refractivity contribution >= 4 is 0 Å². The predicted molar refractivity (Wildman–Crippen MR) is 82.9 cm³/mol. The Bertz CT molecular complexity index is 466. The summed E-state index contributed by atoms with van der Waals surface area (Å²) in [5.41, 5.74) is 5.33. The summed E-state index contributed by atoms with van der Waals surface area (Å²) in [5, 5.41) is 0. The molecular formula is C18H26O. The van der Waals surface area contributed by atoms with E-state index >= 15 is 0 Å². The molecule has 0 N–H and O–H groups in total. The molecule has 0 fully saturated rings. The molecule has 0 amide bonds. The predicted octanol–water partition coefficient (Wildman–Crippen LogP) is 4.92. The Balaban J connectivity index is 3.27. The van der Waals surface area contributed by atoms with E-state index < -0.39 is 0 Å². The molecule has 0 aliphatic heterocycles. The normalized spacial score (nSPS) is 12.0. The number of hydrogen-bond acceptors (Lipinski definition) is 1. The van der Waals surface area contributed by atoms with Gasteiger partial charge in [-0.05, 0) is 68.4 Å². The average molecular weight is 258 g/mol. The summed E-state index contributed by atoms with van der Waals surface area (Å²) in [5.74, 6) is 4.32.